The second-order valence-corrected chi connectivity index (χ2v) is 2.91. The molecular formula is C11H15N. The lowest BCUT2D eigenvalue weighted by atomic mass is 10.1. The maximum absolute atomic E-state index is 3.77. The summed E-state index contributed by atoms with van der Waals surface area (Å²) >= 11 is 0. The van der Waals surface area contributed by atoms with Gasteiger partial charge < -0.3 is 5.32 Å². The van der Waals surface area contributed by atoms with Gasteiger partial charge in [0.2, 0.25) is 0 Å². The molecular weight excluding hydrogens is 146 g/mol. The second-order valence-electron chi connectivity index (χ2n) is 2.91. The van der Waals surface area contributed by atoms with Crippen LogP contribution in [0.15, 0.2) is 36.9 Å². The van der Waals surface area contributed by atoms with E-state index in [2.05, 4.69) is 43.1 Å². The Morgan fingerprint density at radius 1 is 1.33 bits per heavy atom. The first kappa shape index (κ1) is 9.01. The van der Waals surface area contributed by atoms with Crippen molar-refractivity contribution >= 4 is 0 Å². The van der Waals surface area contributed by atoms with E-state index in [1.165, 1.54) is 11.1 Å². The lowest BCUT2D eigenvalue weighted by Crippen LogP contribution is -2.13. The Morgan fingerprint density at radius 2 is 1.92 bits per heavy atom. The van der Waals surface area contributed by atoms with Crippen LogP contribution in [-0.2, 0) is 0 Å². The molecule has 0 aliphatic rings. The Kier molecular flexibility index (Phi) is 3.06. The monoisotopic (exact) mass is 161 g/mol. The van der Waals surface area contributed by atoms with Crippen LogP contribution in [0.1, 0.15) is 17.2 Å². The Balaban J connectivity index is 2.87. The third kappa shape index (κ3) is 1.95. The summed E-state index contributed by atoms with van der Waals surface area (Å²) in [5, 5.41) is 3.17. The number of nitrogens with one attached hydrogen (secondary N) is 1. The normalized spacial score (nSPS) is 12.5. The molecule has 1 N–H and O–H groups in total. The zero-order chi connectivity index (χ0) is 8.97. The third-order valence-electron chi connectivity index (χ3n) is 1.98. The van der Waals surface area contributed by atoms with Crippen LogP contribution < -0.4 is 5.32 Å². The van der Waals surface area contributed by atoms with Crippen molar-refractivity contribution in [1.82, 2.24) is 5.32 Å². The van der Waals surface area contributed by atoms with Crippen LogP contribution in [0.3, 0.4) is 0 Å². The standard InChI is InChI=1S/C11H15N/c1-4-11(12-3)10-7-5-9(2)6-8-10/h4-8,11-12H,1H2,2-3H3. The number of hydrogen-bond acceptors (Lipinski definition) is 1. The van der Waals surface area contributed by atoms with Crippen molar-refractivity contribution < 1.29 is 0 Å². The quantitative estimate of drug-likeness (QED) is 0.671. The van der Waals surface area contributed by atoms with Crippen LogP contribution in [-0.4, -0.2) is 7.05 Å². The van der Waals surface area contributed by atoms with Gasteiger partial charge in [0.15, 0.2) is 0 Å². The fourth-order valence-electron chi connectivity index (χ4n) is 1.19. The van der Waals surface area contributed by atoms with Crippen molar-refractivity contribution in [3.05, 3.63) is 48.0 Å². The molecule has 0 saturated heterocycles. The van der Waals surface area contributed by atoms with Gasteiger partial charge >= 0.3 is 0 Å². The van der Waals surface area contributed by atoms with Crippen molar-refractivity contribution in [3.8, 4) is 0 Å². The van der Waals surface area contributed by atoms with Crippen molar-refractivity contribution in [1.29, 1.82) is 0 Å². The summed E-state index contributed by atoms with van der Waals surface area (Å²) in [5.41, 5.74) is 2.55. The molecule has 1 nitrogen and oxygen atoms in total. The van der Waals surface area contributed by atoms with Gasteiger partial charge in [-0.1, -0.05) is 35.9 Å². The maximum atomic E-state index is 3.77. The van der Waals surface area contributed by atoms with Crippen molar-refractivity contribution in [2.75, 3.05) is 7.05 Å². The highest BCUT2D eigenvalue weighted by atomic mass is 14.9. The predicted octanol–water partition coefficient (Wildman–Crippen LogP) is 2.44. The molecule has 1 heteroatoms. The summed E-state index contributed by atoms with van der Waals surface area (Å²) in [6.45, 7) is 5.86. The minimum absolute atomic E-state index is 0.269. The van der Waals surface area contributed by atoms with E-state index in [0.717, 1.165) is 0 Å². The zero-order valence-electron chi connectivity index (χ0n) is 7.67. The fourth-order valence-corrected chi connectivity index (χ4v) is 1.19. The van der Waals surface area contributed by atoms with Gasteiger partial charge in [0, 0.05) is 0 Å². The van der Waals surface area contributed by atoms with E-state index < -0.39 is 0 Å². The maximum Gasteiger partial charge on any atom is 0.0501 e. The molecule has 1 aromatic carbocycles. The fraction of sp³-hybridized carbons (Fsp3) is 0.273. The first-order chi connectivity index (χ1) is 5.77. The molecule has 0 aromatic heterocycles. The summed E-state index contributed by atoms with van der Waals surface area (Å²) < 4.78 is 0. The summed E-state index contributed by atoms with van der Waals surface area (Å²) in [6.07, 6.45) is 1.91. The highest BCUT2D eigenvalue weighted by molar-refractivity contribution is 5.26. The molecule has 12 heavy (non-hydrogen) atoms. The van der Waals surface area contributed by atoms with E-state index in [0.29, 0.717) is 0 Å². The highest BCUT2D eigenvalue weighted by Crippen LogP contribution is 2.13. The molecule has 0 fully saturated rings. The Labute approximate surface area is 74.1 Å². The largest absolute Gasteiger partial charge is 0.310 e. The Hall–Kier alpha value is -1.08. The smallest absolute Gasteiger partial charge is 0.0501 e. The van der Waals surface area contributed by atoms with Gasteiger partial charge in [0.25, 0.3) is 0 Å². The molecule has 0 spiro atoms. The van der Waals surface area contributed by atoms with Crippen LogP contribution in [0.4, 0.5) is 0 Å². The molecule has 1 aromatic rings. The van der Waals surface area contributed by atoms with Gasteiger partial charge in [-0.15, -0.1) is 6.58 Å². The van der Waals surface area contributed by atoms with Crippen molar-refractivity contribution in [3.63, 3.8) is 0 Å². The van der Waals surface area contributed by atoms with E-state index in [-0.39, 0.29) is 6.04 Å². The van der Waals surface area contributed by atoms with Gasteiger partial charge in [-0.25, -0.2) is 0 Å². The van der Waals surface area contributed by atoms with E-state index in [9.17, 15) is 0 Å². The lowest BCUT2D eigenvalue weighted by molar-refractivity contribution is 0.716. The molecule has 1 atom stereocenters. The average molecular weight is 161 g/mol. The van der Waals surface area contributed by atoms with Gasteiger partial charge in [-0.2, -0.15) is 0 Å². The first-order valence-electron chi connectivity index (χ1n) is 4.14. The molecule has 0 heterocycles. The van der Waals surface area contributed by atoms with Crippen LogP contribution in [0.25, 0.3) is 0 Å². The number of rotatable bonds is 3. The topological polar surface area (TPSA) is 12.0 Å². The minimum atomic E-state index is 0.269. The molecule has 1 rings (SSSR count). The minimum Gasteiger partial charge on any atom is -0.310 e. The SMILES string of the molecule is C=CC(NC)c1ccc(C)cc1. The zero-order valence-corrected chi connectivity index (χ0v) is 7.67. The van der Waals surface area contributed by atoms with Gasteiger partial charge in [-0.05, 0) is 19.5 Å². The summed E-state index contributed by atoms with van der Waals surface area (Å²) in [5.74, 6) is 0. The van der Waals surface area contributed by atoms with E-state index in [1.807, 2.05) is 13.1 Å². The number of likely N-dealkylation sites (N-methyl/N-ethyl adjacent to an activating group) is 1. The summed E-state index contributed by atoms with van der Waals surface area (Å²) in [4.78, 5) is 0. The van der Waals surface area contributed by atoms with Crippen molar-refractivity contribution in [2.45, 2.75) is 13.0 Å². The molecule has 0 saturated carbocycles. The molecule has 0 amide bonds. The molecule has 0 aliphatic carbocycles. The van der Waals surface area contributed by atoms with Crippen LogP contribution in [0.2, 0.25) is 0 Å². The predicted molar refractivity (Wildman–Crippen MR) is 53.2 cm³/mol. The van der Waals surface area contributed by atoms with Crippen LogP contribution in [0.5, 0.6) is 0 Å². The average Bonchev–Trinajstić information content (AvgIpc) is 2.10. The van der Waals surface area contributed by atoms with E-state index in [1.54, 1.807) is 0 Å². The van der Waals surface area contributed by atoms with Crippen LogP contribution >= 0.6 is 0 Å². The van der Waals surface area contributed by atoms with E-state index >= 15 is 0 Å². The summed E-state index contributed by atoms with van der Waals surface area (Å²) in [7, 11) is 1.94. The lowest BCUT2D eigenvalue weighted by Gasteiger charge is -2.11. The first-order valence-corrected chi connectivity index (χ1v) is 4.14. The third-order valence-corrected chi connectivity index (χ3v) is 1.98. The highest BCUT2D eigenvalue weighted by Gasteiger charge is 2.01. The number of benzene rings is 1. The molecule has 0 aliphatic heterocycles. The number of hydrogen-bond donors (Lipinski definition) is 1. The van der Waals surface area contributed by atoms with E-state index in [4.69, 9.17) is 0 Å². The van der Waals surface area contributed by atoms with Crippen molar-refractivity contribution in [2.24, 2.45) is 0 Å². The Morgan fingerprint density at radius 3 is 2.33 bits per heavy atom. The molecule has 64 valence electrons. The molecule has 0 bridgehead atoms. The van der Waals surface area contributed by atoms with Gasteiger partial charge in [0.05, 0.1) is 6.04 Å². The van der Waals surface area contributed by atoms with Crippen LogP contribution in [0, 0.1) is 6.92 Å². The number of aryl methyl sites for hydroxylation is 1. The molecule has 0 radical (unpaired) electrons. The molecule has 1 unspecified atom stereocenters. The van der Waals surface area contributed by atoms with Gasteiger partial charge in [-0.3, -0.25) is 0 Å². The summed E-state index contributed by atoms with van der Waals surface area (Å²) in [6, 6.07) is 8.74. The van der Waals surface area contributed by atoms with Gasteiger partial charge in [0.1, 0.15) is 0 Å². The second kappa shape index (κ2) is 4.07. The Bertz CT molecular complexity index is 248.